The van der Waals surface area contributed by atoms with Gasteiger partial charge in [-0.05, 0) is 17.7 Å². The molecular formula is C20H20N2O6. The zero-order chi connectivity index (χ0) is 19.9. The standard InChI is InChI=1S/C20H20N2O6/c1-24-15-9-14(10-16(25-2)19(15)26-3)20-22-21-17(28-20)11-18(23)27-12-13-7-5-4-6-8-13/h4-10H,11-12H2,1-3H3. The molecule has 2 aromatic carbocycles. The van der Waals surface area contributed by atoms with Gasteiger partial charge < -0.3 is 23.4 Å². The van der Waals surface area contributed by atoms with Crippen LogP contribution in [0.3, 0.4) is 0 Å². The van der Waals surface area contributed by atoms with Crippen LogP contribution in [0.1, 0.15) is 11.5 Å². The van der Waals surface area contributed by atoms with E-state index in [0.29, 0.717) is 22.8 Å². The van der Waals surface area contributed by atoms with E-state index in [1.165, 1.54) is 21.3 Å². The molecule has 0 aliphatic rings. The normalized spacial score (nSPS) is 10.4. The van der Waals surface area contributed by atoms with Crippen LogP contribution in [0.15, 0.2) is 46.9 Å². The van der Waals surface area contributed by atoms with Crippen LogP contribution in [0.5, 0.6) is 17.2 Å². The molecule has 0 spiro atoms. The summed E-state index contributed by atoms with van der Waals surface area (Å²) in [6.07, 6.45) is -0.121. The maximum absolute atomic E-state index is 12.0. The molecule has 0 radical (unpaired) electrons. The fourth-order valence-corrected chi connectivity index (χ4v) is 2.56. The molecule has 3 rings (SSSR count). The molecule has 0 amide bonds. The van der Waals surface area contributed by atoms with Crippen LogP contribution in [0.25, 0.3) is 11.5 Å². The SMILES string of the molecule is COc1cc(-c2nnc(CC(=O)OCc3ccccc3)o2)cc(OC)c1OC. The van der Waals surface area contributed by atoms with Crippen LogP contribution < -0.4 is 14.2 Å². The van der Waals surface area contributed by atoms with Crippen molar-refractivity contribution in [2.45, 2.75) is 13.0 Å². The number of nitrogens with zero attached hydrogens (tertiary/aromatic N) is 2. The van der Waals surface area contributed by atoms with Gasteiger partial charge in [-0.25, -0.2) is 0 Å². The number of carbonyl (C=O) groups excluding carboxylic acids is 1. The minimum absolute atomic E-state index is 0.121. The summed E-state index contributed by atoms with van der Waals surface area (Å²) in [6, 6.07) is 12.8. The molecule has 0 atom stereocenters. The van der Waals surface area contributed by atoms with Crippen LogP contribution in [-0.2, 0) is 22.6 Å². The van der Waals surface area contributed by atoms with E-state index >= 15 is 0 Å². The van der Waals surface area contributed by atoms with Crippen molar-refractivity contribution in [3.05, 3.63) is 53.9 Å². The van der Waals surface area contributed by atoms with Crippen molar-refractivity contribution < 1.29 is 28.2 Å². The van der Waals surface area contributed by atoms with Crippen molar-refractivity contribution >= 4 is 5.97 Å². The summed E-state index contributed by atoms with van der Waals surface area (Å²) < 4.78 is 26.7. The Morgan fingerprint density at radius 2 is 1.64 bits per heavy atom. The number of ether oxygens (including phenoxy) is 4. The first-order chi connectivity index (χ1) is 13.6. The summed E-state index contributed by atoms with van der Waals surface area (Å²) in [7, 11) is 4.55. The van der Waals surface area contributed by atoms with Crippen molar-refractivity contribution in [3.8, 4) is 28.7 Å². The van der Waals surface area contributed by atoms with Crippen molar-refractivity contribution in [1.82, 2.24) is 10.2 Å². The lowest BCUT2D eigenvalue weighted by Crippen LogP contribution is -2.08. The number of aromatic nitrogens is 2. The average Bonchev–Trinajstić information content (AvgIpc) is 3.20. The topological polar surface area (TPSA) is 92.9 Å². The van der Waals surface area contributed by atoms with Crippen LogP contribution in [0, 0.1) is 0 Å². The minimum Gasteiger partial charge on any atom is -0.493 e. The molecule has 146 valence electrons. The summed E-state index contributed by atoms with van der Waals surface area (Å²) >= 11 is 0. The van der Waals surface area contributed by atoms with Crippen molar-refractivity contribution in [2.75, 3.05) is 21.3 Å². The van der Waals surface area contributed by atoms with E-state index in [4.69, 9.17) is 23.4 Å². The monoisotopic (exact) mass is 384 g/mol. The molecule has 3 aromatic rings. The second-order valence-electron chi connectivity index (χ2n) is 5.74. The Balaban J connectivity index is 1.70. The third kappa shape index (κ3) is 4.40. The Bertz CT molecular complexity index is 914. The van der Waals surface area contributed by atoms with E-state index < -0.39 is 5.97 Å². The lowest BCUT2D eigenvalue weighted by molar-refractivity contribution is -0.144. The Hall–Kier alpha value is -3.55. The van der Waals surface area contributed by atoms with E-state index in [-0.39, 0.29) is 24.8 Å². The fourth-order valence-electron chi connectivity index (χ4n) is 2.56. The molecule has 0 fully saturated rings. The second kappa shape index (κ2) is 8.90. The summed E-state index contributed by atoms with van der Waals surface area (Å²) in [4.78, 5) is 12.0. The molecule has 0 saturated carbocycles. The average molecular weight is 384 g/mol. The summed E-state index contributed by atoms with van der Waals surface area (Å²) in [5.41, 5.74) is 1.48. The first-order valence-corrected chi connectivity index (χ1v) is 8.47. The minimum atomic E-state index is -0.455. The number of carbonyl (C=O) groups is 1. The van der Waals surface area contributed by atoms with Crippen molar-refractivity contribution in [3.63, 3.8) is 0 Å². The van der Waals surface area contributed by atoms with E-state index in [1.807, 2.05) is 30.3 Å². The van der Waals surface area contributed by atoms with Gasteiger partial charge in [0.2, 0.25) is 17.5 Å². The summed E-state index contributed by atoms with van der Waals surface area (Å²) in [6.45, 7) is 0.188. The molecule has 28 heavy (non-hydrogen) atoms. The third-order valence-electron chi connectivity index (χ3n) is 3.92. The molecule has 8 heteroatoms. The van der Waals surface area contributed by atoms with Gasteiger partial charge >= 0.3 is 5.97 Å². The quantitative estimate of drug-likeness (QED) is 0.547. The highest BCUT2D eigenvalue weighted by molar-refractivity contribution is 5.71. The van der Waals surface area contributed by atoms with Crippen LogP contribution in [0.2, 0.25) is 0 Å². The summed E-state index contributed by atoms with van der Waals surface area (Å²) in [5.74, 6) is 1.30. The predicted octanol–water partition coefficient (Wildman–Crippen LogP) is 3.05. The molecule has 0 bridgehead atoms. The van der Waals surface area contributed by atoms with E-state index in [1.54, 1.807) is 12.1 Å². The second-order valence-corrected chi connectivity index (χ2v) is 5.74. The van der Waals surface area contributed by atoms with Gasteiger partial charge in [0.15, 0.2) is 11.5 Å². The highest BCUT2D eigenvalue weighted by atomic mass is 16.5. The molecule has 1 heterocycles. The Labute approximate surface area is 162 Å². The van der Waals surface area contributed by atoms with Gasteiger partial charge in [0.05, 0.1) is 21.3 Å². The lowest BCUT2D eigenvalue weighted by Gasteiger charge is -2.12. The van der Waals surface area contributed by atoms with Crippen molar-refractivity contribution in [1.29, 1.82) is 0 Å². The zero-order valence-electron chi connectivity index (χ0n) is 15.8. The molecule has 0 aliphatic carbocycles. The number of benzene rings is 2. The molecule has 0 unspecified atom stereocenters. The zero-order valence-corrected chi connectivity index (χ0v) is 15.8. The highest BCUT2D eigenvalue weighted by Crippen LogP contribution is 2.40. The Kier molecular flexibility index (Phi) is 6.11. The van der Waals surface area contributed by atoms with Crippen LogP contribution >= 0.6 is 0 Å². The van der Waals surface area contributed by atoms with Gasteiger partial charge in [-0.1, -0.05) is 30.3 Å². The van der Waals surface area contributed by atoms with Crippen LogP contribution in [-0.4, -0.2) is 37.5 Å². The first kappa shape index (κ1) is 19.2. The third-order valence-corrected chi connectivity index (χ3v) is 3.92. The summed E-state index contributed by atoms with van der Waals surface area (Å²) in [5, 5.41) is 7.90. The van der Waals surface area contributed by atoms with Gasteiger partial charge in [0, 0.05) is 5.56 Å². The van der Waals surface area contributed by atoms with Gasteiger partial charge in [-0.2, -0.15) is 0 Å². The van der Waals surface area contributed by atoms with E-state index in [9.17, 15) is 4.79 Å². The van der Waals surface area contributed by atoms with Gasteiger partial charge in [-0.15, -0.1) is 10.2 Å². The van der Waals surface area contributed by atoms with Crippen LogP contribution in [0.4, 0.5) is 0 Å². The van der Waals surface area contributed by atoms with E-state index in [2.05, 4.69) is 10.2 Å². The molecule has 1 aromatic heterocycles. The number of esters is 1. The molecule has 0 saturated heterocycles. The first-order valence-electron chi connectivity index (χ1n) is 8.47. The Morgan fingerprint density at radius 1 is 0.964 bits per heavy atom. The van der Waals surface area contributed by atoms with Gasteiger partial charge in [0.25, 0.3) is 0 Å². The fraction of sp³-hybridized carbons (Fsp3) is 0.250. The molecule has 0 aliphatic heterocycles. The number of rotatable bonds is 8. The van der Waals surface area contributed by atoms with Gasteiger partial charge in [0.1, 0.15) is 13.0 Å². The number of hydrogen-bond donors (Lipinski definition) is 0. The predicted molar refractivity (Wildman–Crippen MR) is 99.3 cm³/mol. The molecule has 0 N–H and O–H groups in total. The molecule has 8 nitrogen and oxygen atoms in total. The maximum Gasteiger partial charge on any atom is 0.315 e. The van der Waals surface area contributed by atoms with Crippen molar-refractivity contribution in [2.24, 2.45) is 0 Å². The maximum atomic E-state index is 12.0. The number of hydrogen-bond acceptors (Lipinski definition) is 8. The Morgan fingerprint density at radius 3 is 2.25 bits per heavy atom. The smallest absolute Gasteiger partial charge is 0.315 e. The van der Waals surface area contributed by atoms with Gasteiger partial charge in [-0.3, -0.25) is 4.79 Å². The number of methoxy groups -OCH3 is 3. The highest BCUT2D eigenvalue weighted by Gasteiger charge is 2.18. The van der Waals surface area contributed by atoms with E-state index in [0.717, 1.165) is 5.56 Å². The lowest BCUT2D eigenvalue weighted by atomic mass is 10.2. The largest absolute Gasteiger partial charge is 0.493 e. The molecular weight excluding hydrogens is 364 g/mol.